The van der Waals surface area contributed by atoms with Crippen molar-refractivity contribution in [2.45, 2.75) is 0 Å². The van der Waals surface area contributed by atoms with E-state index in [9.17, 15) is 0 Å². The fourth-order valence-corrected chi connectivity index (χ4v) is 3.81. The first kappa shape index (κ1) is 7.49. The molecule has 0 unspecified atom stereocenters. The first-order valence-corrected chi connectivity index (χ1v) is 9.77. The van der Waals surface area contributed by atoms with E-state index in [0.29, 0.717) is 17.5 Å². The van der Waals surface area contributed by atoms with Crippen LogP contribution in [0.15, 0.2) is 0 Å². The van der Waals surface area contributed by atoms with Crippen LogP contribution in [-0.4, -0.2) is 29.4 Å². The molecule has 0 saturated carbocycles. The van der Waals surface area contributed by atoms with Crippen LogP contribution in [0.4, 0.5) is 0 Å². The van der Waals surface area contributed by atoms with Crippen LogP contribution in [0.2, 0.25) is 0 Å². The fraction of sp³-hybridized carbons (Fsp3) is 1.00. The van der Waals surface area contributed by atoms with Gasteiger partial charge in [0, 0.05) is 0 Å². The third-order valence-corrected chi connectivity index (χ3v) is 5.99. The molecular formula is C4H8I2NO-. The van der Waals surface area contributed by atoms with Crippen LogP contribution in [-0.2, 0) is 4.74 Å². The molecule has 1 aliphatic rings. The maximum absolute atomic E-state index is 5.17. The summed E-state index contributed by atoms with van der Waals surface area (Å²) >= 11 is 2.80. The van der Waals surface area contributed by atoms with E-state index in [1.165, 1.54) is 0 Å². The van der Waals surface area contributed by atoms with E-state index >= 15 is 0 Å². The summed E-state index contributed by atoms with van der Waals surface area (Å²) in [7, 11) is 0. The van der Waals surface area contributed by atoms with Crippen LogP contribution in [0.25, 0.3) is 0 Å². The van der Waals surface area contributed by atoms with Gasteiger partial charge in [-0.25, -0.2) is 0 Å². The molecule has 0 radical (unpaired) electrons. The molecule has 0 aromatic heterocycles. The Morgan fingerprint density at radius 3 is 2.38 bits per heavy atom. The molecule has 1 rings (SSSR count). The van der Waals surface area contributed by atoms with Crippen LogP contribution >= 0.6 is 18.6 Å². The minimum atomic E-state index is 0.310. The van der Waals surface area contributed by atoms with Crippen LogP contribution in [0.3, 0.4) is 0 Å². The maximum atomic E-state index is 5.17. The zero-order chi connectivity index (χ0) is 5.82. The zero-order valence-corrected chi connectivity index (χ0v) is 8.75. The second kappa shape index (κ2) is 4.24. The number of rotatable bonds is 1. The molecule has 1 aliphatic heterocycles. The van der Waals surface area contributed by atoms with Gasteiger partial charge >= 0.3 is 70.3 Å². The third kappa shape index (κ3) is 2.32. The van der Waals surface area contributed by atoms with Gasteiger partial charge in [0.15, 0.2) is 0 Å². The molecule has 1 saturated heterocycles. The van der Waals surface area contributed by atoms with Crippen LogP contribution < -0.4 is 17.5 Å². The Morgan fingerprint density at radius 1 is 1.38 bits per heavy atom. The van der Waals surface area contributed by atoms with Crippen molar-refractivity contribution < 1.29 is 22.2 Å². The molecule has 1 heterocycles. The summed E-state index contributed by atoms with van der Waals surface area (Å²) in [6.07, 6.45) is 0. The Hall–Kier alpha value is 1.38. The first-order valence-electron chi connectivity index (χ1n) is 2.52. The van der Waals surface area contributed by atoms with Crippen LogP contribution in [0.5, 0.6) is 0 Å². The summed E-state index contributed by atoms with van der Waals surface area (Å²) < 4.78 is 7.66. The van der Waals surface area contributed by atoms with Gasteiger partial charge in [-0.3, -0.25) is 0 Å². The molecule has 0 aromatic carbocycles. The van der Waals surface area contributed by atoms with E-state index in [0.717, 1.165) is 26.3 Å². The van der Waals surface area contributed by atoms with E-state index in [1.54, 1.807) is 0 Å². The number of hydrogen-bond donors (Lipinski definition) is 0. The predicted molar refractivity (Wildman–Crippen MR) is 36.4 cm³/mol. The second-order valence-corrected chi connectivity index (χ2v) is 5.76. The molecular weight excluding hydrogens is 332 g/mol. The Labute approximate surface area is 69.7 Å². The number of hydrogen-bond acceptors (Lipinski definition) is 2. The van der Waals surface area contributed by atoms with Gasteiger partial charge < -0.3 is 0 Å². The number of morpholine rings is 1. The van der Waals surface area contributed by atoms with Crippen molar-refractivity contribution in [3.63, 3.8) is 0 Å². The topological polar surface area (TPSA) is 12.5 Å². The van der Waals surface area contributed by atoms with Gasteiger partial charge in [0.05, 0.1) is 0 Å². The Balaban J connectivity index is 2.13. The van der Waals surface area contributed by atoms with E-state index in [1.807, 2.05) is 0 Å². The van der Waals surface area contributed by atoms with Crippen LogP contribution in [0, 0.1) is 0 Å². The van der Waals surface area contributed by atoms with Gasteiger partial charge in [0.1, 0.15) is 0 Å². The molecule has 0 aliphatic carbocycles. The monoisotopic (exact) mass is 340 g/mol. The predicted octanol–water partition coefficient (Wildman–Crippen LogP) is -2.33. The van der Waals surface area contributed by atoms with E-state index < -0.39 is 0 Å². The van der Waals surface area contributed by atoms with Gasteiger partial charge in [-0.2, -0.15) is 0 Å². The summed E-state index contributed by atoms with van der Waals surface area (Å²) in [6, 6.07) is 0. The van der Waals surface area contributed by atoms with Crippen molar-refractivity contribution in [3.8, 4) is 0 Å². The molecule has 0 aromatic rings. The molecule has 0 atom stereocenters. The molecule has 0 bridgehead atoms. The third-order valence-electron chi connectivity index (χ3n) is 1.05. The molecule has 2 nitrogen and oxygen atoms in total. The summed E-state index contributed by atoms with van der Waals surface area (Å²) in [5, 5.41) is 0. The Morgan fingerprint density at radius 2 is 2.00 bits per heavy atom. The van der Waals surface area contributed by atoms with E-state index in [4.69, 9.17) is 4.74 Å². The Kier molecular flexibility index (Phi) is 3.96. The molecule has 1 fully saturated rings. The zero-order valence-electron chi connectivity index (χ0n) is 4.44. The van der Waals surface area contributed by atoms with Crippen molar-refractivity contribution in [2.75, 3.05) is 26.3 Å². The van der Waals surface area contributed by atoms with Crippen molar-refractivity contribution in [1.29, 1.82) is 0 Å². The molecule has 8 heavy (non-hydrogen) atoms. The number of ether oxygens (including phenoxy) is 1. The average molecular weight is 340 g/mol. The molecule has 0 N–H and O–H groups in total. The fourth-order valence-electron chi connectivity index (χ4n) is 0.605. The Bertz CT molecular complexity index is 65.1. The van der Waals surface area contributed by atoms with Crippen molar-refractivity contribution in [1.82, 2.24) is 3.11 Å². The summed E-state index contributed by atoms with van der Waals surface area (Å²) in [4.78, 5) is 0. The number of nitrogens with zero attached hydrogens (tertiary/aromatic N) is 1. The standard InChI is InChI=1S/C4H8I2NO/c5-6-7-1-3-8-4-2-7/h1-4H2/q-1. The summed E-state index contributed by atoms with van der Waals surface area (Å²) in [5.41, 5.74) is 0. The van der Waals surface area contributed by atoms with Crippen molar-refractivity contribution in [3.05, 3.63) is 0 Å². The minimum absolute atomic E-state index is 0.310. The second-order valence-electron chi connectivity index (χ2n) is 1.59. The quantitative estimate of drug-likeness (QED) is 0.393. The normalized spacial score (nSPS) is 24.1. The van der Waals surface area contributed by atoms with Crippen LogP contribution in [0.1, 0.15) is 0 Å². The molecule has 0 spiro atoms. The van der Waals surface area contributed by atoms with Gasteiger partial charge in [-0.1, -0.05) is 0 Å². The van der Waals surface area contributed by atoms with Gasteiger partial charge in [0.25, 0.3) is 0 Å². The molecule has 50 valence electrons. The number of halogens is 2. The van der Waals surface area contributed by atoms with Gasteiger partial charge in [-0.05, 0) is 0 Å². The van der Waals surface area contributed by atoms with Gasteiger partial charge in [-0.15, -0.1) is 0 Å². The van der Waals surface area contributed by atoms with Gasteiger partial charge in [0.2, 0.25) is 0 Å². The first-order chi connectivity index (χ1) is 3.93. The van der Waals surface area contributed by atoms with Crippen molar-refractivity contribution >= 4 is 18.6 Å². The molecule has 4 heteroatoms. The van der Waals surface area contributed by atoms with Crippen molar-refractivity contribution in [2.24, 2.45) is 0 Å². The summed E-state index contributed by atoms with van der Waals surface area (Å²) in [5.74, 6) is 0. The SMILES string of the molecule is I[I-]N1CCOCC1. The summed E-state index contributed by atoms with van der Waals surface area (Å²) in [6.45, 7) is 4.22. The molecule has 0 amide bonds. The van der Waals surface area contributed by atoms with E-state index in [-0.39, 0.29) is 0 Å². The average Bonchev–Trinajstić information content (AvgIpc) is 1.90. The van der Waals surface area contributed by atoms with E-state index in [2.05, 4.69) is 21.7 Å².